The first-order valence-electron chi connectivity index (χ1n) is 7.02. The van der Waals surface area contributed by atoms with Crippen LogP contribution in [0.3, 0.4) is 0 Å². The lowest BCUT2D eigenvalue weighted by Gasteiger charge is -2.18. The Kier molecular flexibility index (Phi) is 4.99. The van der Waals surface area contributed by atoms with E-state index in [2.05, 4.69) is 5.32 Å². The molecule has 0 amide bonds. The zero-order valence-corrected chi connectivity index (χ0v) is 12.3. The smallest absolute Gasteiger partial charge is 0.154 e. The van der Waals surface area contributed by atoms with Gasteiger partial charge in [-0.15, -0.1) is 0 Å². The minimum absolute atomic E-state index is 0.171. The van der Waals surface area contributed by atoms with Crippen LogP contribution in [0.2, 0.25) is 0 Å². The van der Waals surface area contributed by atoms with Gasteiger partial charge in [-0.25, -0.2) is 8.42 Å². The fraction of sp³-hybridized carbons (Fsp3) is 0.600. The second-order valence-corrected chi connectivity index (χ2v) is 7.64. The van der Waals surface area contributed by atoms with Crippen molar-refractivity contribution in [2.45, 2.75) is 37.5 Å². The highest BCUT2D eigenvalue weighted by molar-refractivity contribution is 7.90. The fourth-order valence-electron chi connectivity index (χ4n) is 2.99. The van der Waals surface area contributed by atoms with Gasteiger partial charge in [-0.2, -0.15) is 0 Å². The van der Waals surface area contributed by atoms with Crippen molar-refractivity contribution in [1.29, 1.82) is 0 Å². The van der Waals surface area contributed by atoms with Crippen molar-refractivity contribution in [3.8, 4) is 0 Å². The highest BCUT2D eigenvalue weighted by atomic mass is 32.2. The van der Waals surface area contributed by atoms with Crippen LogP contribution < -0.4 is 5.32 Å². The topological polar surface area (TPSA) is 46.2 Å². The first-order chi connectivity index (χ1) is 9.11. The molecule has 2 rings (SSSR count). The number of hydrogen-bond acceptors (Lipinski definition) is 3. The highest BCUT2D eigenvalue weighted by Gasteiger charge is 2.27. The van der Waals surface area contributed by atoms with E-state index in [4.69, 9.17) is 0 Å². The van der Waals surface area contributed by atoms with E-state index in [1.807, 2.05) is 37.4 Å². The lowest BCUT2D eigenvalue weighted by Crippen LogP contribution is -2.30. The molecule has 1 N–H and O–H groups in total. The van der Waals surface area contributed by atoms with Crippen LogP contribution in [0.15, 0.2) is 30.3 Å². The van der Waals surface area contributed by atoms with Crippen molar-refractivity contribution in [2.24, 2.45) is 5.92 Å². The second-order valence-electron chi connectivity index (χ2n) is 5.45. The molecule has 1 fully saturated rings. The zero-order valence-electron chi connectivity index (χ0n) is 11.5. The summed E-state index contributed by atoms with van der Waals surface area (Å²) in [6.07, 6.45) is 4.35. The molecular formula is C15H23NO2S. The summed E-state index contributed by atoms with van der Waals surface area (Å²) in [6, 6.07) is 9.95. The molecule has 0 aromatic heterocycles. The number of hydrogen-bond donors (Lipinski definition) is 1. The van der Waals surface area contributed by atoms with E-state index in [1.165, 1.54) is 12.8 Å². The summed E-state index contributed by atoms with van der Waals surface area (Å²) in [6.45, 7) is 0. The second kappa shape index (κ2) is 6.53. The zero-order chi connectivity index (χ0) is 13.7. The Morgan fingerprint density at radius 2 is 1.95 bits per heavy atom. The monoisotopic (exact) mass is 281 g/mol. The standard InChI is InChI=1S/C15H23NO2S/c1-16-15-9-5-8-14(15)10-11-19(17,18)12-13-6-3-2-4-7-13/h2-4,6-7,14-16H,5,8-12H2,1H3. The van der Waals surface area contributed by atoms with Gasteiger partial charge in [-0.3, -0.25) is 0 Å². The molecule has 0 bridgehead atoms. The lowest BCUT2D eigenvalue weighted by molar-refractivity contribution is 0.414. The van der Waals surface area contributed by atoms with E-state index in [-0.39, 0.29) is 5.75 Å². The molecule has 106 valence electrons. The molecule has 2 atom stereocenters. The number of rotatable bonds is 6. The molecule has 4 heteroatoms. The third kappa shape index (κ3) is 4.32. The third-order valence-corrected chi connectivity index (χ3v) is 5.69. The van der Waals surface area contributed by atoms with E-state index in [0.29, 0.717) is 17.7 Å². The van der Waals surface area contributed by atoms with Gasteiger partial charge in [0.1, 0.15) is 0 Å². The third-order valence-electron chi connectivity index (χ3n) is 4.06. The van der Waals surface area contributed by atoms with Crippen molar-refractivity contribution >= 4 is 9.84 Å². The first-order valence-corrected chi connectivity index (χ1v) is 8.84. The minimum Gasteiger partial charge on any atom is -0.317 e. The number of benzene rings is 1. The van der Waals surface area contributed by atoms with Gasteiger partial charge < -0.3 is 5.32 Å². The molecule has 1 saturated carbocycles. The lowest BCUT2D eigenvalue weighted by atomic mass is 10.0. The van der Waals surface area contributed by atoms with Gasteiger partial charge in [0.15, 0.2) is 9.84 Å². The van der Waals surface area contributed by atoms with Crippen LogP contribution in [0.25, 0.3) is 0 Å². The maximum Gasteiger partial charge on any atom is 0.154 e. The van der Waals surface area contributed by atoms with E-state index in [0.717, 1.165) is 18.4 Å². The van der Waals surface area contributed by atoms with Crippen LogP contribution in [0, 0.1) is 5.92 Å². The van der Waals surface area contributed by atoms with Crippen molar-refractivity contribution in [1.82, 2.24) is 5.32 Å². The Labute approximate surface area is 116 Å². The van der Waals surface area contributed by atoms with Gasteiger partial charge >= 0.3 is 0 Å². The summed E-state index contributed by atoms with van der Waals surface area (Å²) in [4.78, 5) is 0. The quantitative estimate of drug-likeness (QED) is 0.871. The molecule has 0 spiro atoms. The van der Waals surface area contributed by atoms with Crippen LogP contribution in [0.1, 0.15) is 31.2 Å². The Hall–Kier alpha value is -0.870. The van der Waals surface area contributed by atoms with Crippen LogP contribution >= 0.6 is 0 Å². The van der Waals surface area contributed by atoms with Gasteiger partial charge in [0.05, 0.1) is 11.5 Å². The molecular weight excluding hydrogens is 258 g/mol. The molecule has 0 radical (unpaired) electrons. The Morgan fingerprint density at radius 3 is 2.63 bits per heavy atom. The molecule has 0 saturated heterocycles. The van der Waals surface area contributed by atoms with Crippen LogP contribution in [-0.2, 0) is 15.6 Å². The van der Waals surface area contributed by atoms with Gasteiger partial charge in [0.2, 0.25) is 0 Å². The van der Waals surface area contributed by atoms with Gasteiger partial charge in [0.25, 0.3) is 0 Å². The normalized spacial score (nSPS) is 23.6. The minimum atomic E-state index is -2.98. The molecule has 1 aliphatic carbocycles. The van der Waals surface area contributed by atoms with Gasteiger partial charge in [-0.1, -0.05) is 36.8 Å². The summed E-state index contributed by atoms with van der Waals surface area (Å²) in [7, 11) is -1.01. The summed E-state index contributed by atoms with van der Waals surface area (Å²) < 4.78 is 24.3. The maximum atomic E-state index is 12.1. The predicted octanol–water partition coefficient (Wildman–Crippen LogP) is 2.38. The van der Waals surface area contributed by atoms with Crippen molar-refractivity contribution < 1.29 is 8.42 Å². The summed E-state index contributed by atoms with van der Waals surface area (Å²) >= 11 is 0. The average Bonchev–Trinajstić information content (AvgIpc) is 2.84. The van der Waals surface area contributed by atoms with Gasteiger partial charge in [-0.05, 0) is 37.8 Å². The van der Waals surface area contributed by atoms with E-state index in [1.54, 1.807) is 0 Å². The highest BCUT2D eigenvalue weighted by Crippen LogP contribution is 2.28. The van der Waals surface area contributed by atoms with Crippen LogP contribution in [0.4, 0.5) is 0 Å². The molecule has 1 aliphatic rings. The molecule has 2 unspecified atom stereocenters. The molecule has 1 aromatic rings. The SMILES string of the molecule is CNC1CCCC1CCS(=O)(=O)Cc1ccccc1. The van der Waals surface area contributed by atoms with E-state index < -0.39 is 9.84 Å². The van der Waals surface area contributed by atoms with E-state index >= 15 is 0 Å². The number of sulfone groups is 1. The Balaban J connectivity index is 1.88. The first kappa shape index (κ1) is 14.5. The van der Waals surface area contributed by atoms with Crippen molar-refractivity contribution in [2.75, 3.05) is 12.8 Å². The molecule has 1 aromatic carbocycles. The van der Waals surface area contributed by atoms with Crippen LogP contribution in [-0.4, -0.2) is 27.3 Å². The van der Waals surface area contributed by atoms with Crippen molar-refractivity contribution in [3.05, 3.63) is 35.9 Å². The maximum absolute atomic E-state index is 12.1. The summed E-state index contributed by atoms with van der Waals surface area (Å²) in [5.74, 6) is 1.01. The van der Waals surface area contributed by atoms with Crippen molar-refractivity contribution in [3.63, 3.8) is 0 Å². The van der Waals surface area contributed by atoms with E-state index in [9.17, 15) is 8.42 Å². The Morgan fingerprint density at radius 1 is 1.21 bits per heavy atom. The average molecular weight is 281 g/mol. The predicted molar refractivity (Wildman–Crippen MR) is 78.7 cm³/mol. The largest absolute Gasteiger partial charge is 0.317 e. The van der Waals surface area contributed by atoms with Gasteiger partial charge in [0, 0.05) is 6.04 Å². The number of nitrogens with one attached hydrogen (secondary N) is 1. The fourth-order valence-corrected chi connectivity index (χ4v) is 4.50. The summed E-state index contributed by atoms with van der Waals surface area (Å²) in [5.41, 5.74) is 0.888. The summed E-state index contributed by atoms with van der Waals surface area (Å²) in [5, 5.41) is 3.31. The molecule has 0 aliphatic heterocycles. The Bertz CT molecular complexity index is 484. The molecule has 19 heavy (non-hydrogen) atoms. The van der Waals surface area contributed by atoms with Crippen LogP contribution in [0.5, 0.6) is 0 Å². The molecule has 0 heterocycles. The molecule has 3 nitrogen and oxygen atoms in total.